The zero-order valence-corrected chi connectivity index (χ0v) is 12.3. The Kier molecular flexibility index (Phi) is 12.4. The van der Waals surface area contributed by atoms with E-state index in [4.69, 9.17) is 5.26 Å². The molecule has 0 saturated carbocycles. The normalized spacial score (nSPS) is 9.83. The van der Waals surface area contributed by atoms with Crippen molar-refractivity contribution in [1.29, 1.82) is 5.26 Å². The number of nitriles is 1. The van der Waals surface area contributed by atoms with Crippen LogP contribution in [0.15, 0.2) is 36.4 Å². The Labute approximate surface area is 112 Å². The van der Waals surface area contributed by atoms with Crippen molar-refractivity contribution in [2.24, 2.45) is 11.7 Å². The summed E-state index contributed by atoms with van der Waals surface area (Å²) in [5.41, 5.74) is 7.69. The van der Waals surface area contributed by atoms with Crippen LogP contribution < -0.4 is 5.73 Å². The van der Waals surface area contributed by atoms with Crippen molar-refractivity contribution in [2.75, 3.05) is 7.05 Å². The Morgan fingerprint density at radius 3 is 2.06 bits per heavy atom. The van der Waals surface area contributed by atoms with E-state index in [0.29, 0.717) is 5.92 Å². The first-order valence-electron chi connectivity index (χ1n) is 6.35. The highest BCUT2D eigenvalue weighted by Gasteiger charge is 2.03. The molecule has 0 aliphatic rings. The van der Waals surface area contributed by atoms with Crippen molar-refractivity contribution in [3.05, 3.63) is 47.5 Å². The minimum Gasteiger partial charge on any atom is -0.333 e. The topological polar surface area (TPSA) is 49.8 Å². The first kappa shape index (κ1) is 18.8. The highest BCUT2D eigenvalue weighted by molar-refractivity contribution is 5.32. The summed E-state index contributed by atoms with van der Waals surface area (Å²) in [4.78, 5) is 0. The molecule has 100 valence electrons. The molecule has 0 aliphatic carbocycles. The van der Waals surface area contributed by atoms with Gasteiger partial charge >= 0.3 is 0 Å². The summed E-state index contributed by atoms with van der Waals surface area (Å²) < 4.78 is 0. The van der Waals surface area contributed by atoms with Crippen LogP contribution >= 0.6 is 0 Å². The zero-order chi connectivity index (χ0) is 14.6. The van der Waals surface area contributed by atoms with E-state index >= 15 is 0 Å². The van der Waals surface area contributed by atoms with E-state index < -0.39 is 0 Å². The van der Waals surface area contributed by atoms with Crippen molar-refractivity contribution < 1.29 is 0 Å². The molecule has 0 spiro atoms. The van der Waals surface area contributed by atoms with Gasteiger partial charge in [-0.05, 0) is 44.0 Å². The second-order valence-electron chi connectivity index (χ2n) is 3.76. The molecule has 0 radical (unpaired) electrons. The van der Waals surface area contributed by atoms with Crippen LogP contribution in [0.5, 0.6) is 0 Å². The van der Waals surface area contributed by atoms with Crippen molar-refractivity contribution in [3.8, 4) is 6.07 Å². The third-order valence-corrected chi connectivity index (χ3v) is 2.47. The minimum absolute atomic E-state index is 0.503. The van der Waals surface area contributed by atoms with Gasteiger partial charge in [-0.1, -0.05) is 45.1 Å². The van der Waals surface area contributed by atoms with E-state index in [1.807, 2.05) is 45.0 Å². The molecule has 1 aromatic carbocycles. The van der Waals surface area contributed by atoms with E-state index in [-0.39, 0.29) is 0 Å². The van der Waals surface area contributed by atoms with Crippen LogP contribution in [0, 0.1) is 17.2 Å². The van der Waals surface area contributed by atoms with Gasteiger partial charge in [-0.3, -0.25) is 0 Å². The SMILES string of the molecule is C=C(C)C(C)Cc1ccc(C#N)cc1.CC.CN. The van der Waals surface area contributed by atoms with Gasteiger partial charge in [0.2, 0.25) is 0 Å². The standard InChI is InChI=1S/C13H15N.C2H6.CH5N/c1-10(2)11(3)8-12-4-6-13(9-14)7-5-12;2*1-2/h4-7,11H,1,8H2,2-3H3;1-2H3;2H2,1H3. The van der Waals surface area contributed by atoms with Crippen LogP contribution in [0.1, 0.15) is 38.8 Å². The van der Waals surface area contributed by atoms with Crippen molar-refractivity contribution in [1.82, 2.24) is 0 Å². The molecule has 1 rings (SSSR count). The molecule has 2 nitrogen and oxygen atoms in total. The molecular weight excluding hydrogens is 220 g/mol. The summed E-state index contributed by atoms with van der Waals surface area (Å²) >= 11 is 0. The lowest BCUT2D eigenvalue weighted by molar-refractivity contribution is 0.680. The highest BCUT2D eigenvalue weighted by Crippen LogP contribution is 2.15. The van der Waals surface area contributed by atoms with Crippen LogP contribution in [0.2, 0.25) is 0 Å². The van der Waals surface area contributed by atoms with Gasteiger partial charge in [0.15, 0.2) is 0 Å². The largest absolute Gasteiger partial charge is 0.333 e. The lowest BCUT2D eigenvalue weighted by atomic mass is 9.95. The Hall–Kier alpha value is -1.59. The second-order valence-corrected chi connectivity index (χ2v) is 3.76. The van der Waals surface area contributed by atoms with Crippen LogP contribution in [0.4, 0.5) is 0 Å². The summed E-state index contributed by atoms with van der Waals surface area (Å²) in [6.45, 7) is 12.1. The fourth-order valence-electron chi connectivity index (χ4n) is 1.24. The molecule has 18 heavy (non-hydrogen) atoms. The molecule has 2 heteroatoms. The number of allylic oxidation sites excluding steroid dienone is 1. The molecule has 1 unspecified atom stereocenters. The number of hydrogen-bond acceptors (Lipinski definition) is 2. The molecule has 0 fully saturated rings. The summed E-state index contributed by atoms with van der Waals surface area (Å²) in [7, 11) is 1.50. The van der Waals surface area contributed by atoms with Gasteiger partial charge < -0.3 is 5.73 Å². The molecule has 0 bridgehead atoms. The van der Waals surface area contributed by atoms with E-state index in [1.54, 1.807) is 0 Å². The monoisotopic (exact) mass is 246 g/mol. The Morgan fingerprint density at radius 2 is 1.72 bits per heavy atom. The second kappa shape index (κ2) is 11.9. The van der Waals surface area contributed by atoms with E-state index in [0.717, 1.165) is 12.0 Å². The average molecular weight is 246 g/mol. The summed E-state index contributed by atoms with van der Waals surface area (Å²) in [6, 6.07) is 9.86. The molecule has 1 aromatic rings. The van der Waals surface area contributed by atoms with E-state index in [2.05, 4.69) is 25.3 Å². The van der Waals surface area contributed by atoms with Crippen LogP contribution in [0.25, 0.3) is 0 Å². The molecule has 0 saturated heterocycles. The lowest BCUT2D eigenvalue weighted by Crippen LogP contribution is -2.00. The number of nitrogens with zero attached hydrogens (tertiary/aromatic N) is 1. The predicted octanol–water partition coefficient (Wildman–Crippen LogP) is 3.91. The molecule has 0 aliphatic heterocycles. The molecule has 2 N–H and O–H groups in total. The number of hydrogen-bond donors (Lipinski definition) is 1. The van der Waals surface area contributed by atoms with Crippen molar-refractivity contribution in [3.63, 3.8) is 0 Å². The Balaban J connectivity index is 0. The third kappa shape index (κ3) is 7.65. The average Bonchev–Trinajstić information content (AvgIpc) is 2.44. The van der Waals surface area contributed by atoms with Crippen LogP contribution in [0.3, 0.4) is 0 Å². The van der Waals surface area contributed by atoms with Gasteiger partial charge in [0, 0.05) is 0 Å². The molecule has 1 atom stereocenters. The molecular formula is C16H26N2. The van der Waals surface area contributed by atoms with E-state index in [1.165, 1.54) is 18.2 Å². The number of benzene rings is 1. The van der Waals surface area contributed by atoms with Gasteiger partial charge in [0.05, 0.1) is 11.6 Å². The Morgan fingerprint density at radius 1 is 1.28 bits per heavy atom. The zero-order valence-electron chi connectivity index (χ0n) is 12.3. The number of nitrogens with two attached hydrogens (primary N) is 1. The maximum Gasteiger partial charge on any atom is 0.0991 e. The predicted molar refractivity (Wildman–Crippen MR) is 80.3 cm³/mol. The van der Waals surface area contributed by atoms with E-state index in [9.17, 15) is 0 Å². The summed E-state index contributed by atoms with van der Waals surface area (Å²) in [5.74, 6) is 0.503. The highest BCUT2D eigenvalue weighted by atomic mass is 14.4. The number of rotatable bonds is 3. The van der Waals surface area contributed by atoms with Gasteiger partial charge in [0.25, 0.3) is 0 Å². The lowest BCUT2D eigenvalue weighted by Gasteiger charge is -2.10. The molecule has 0 aromatic heterocycles. The maximum absolute atomic E-state index is 8.63. The molecule has 0 heterocycles. The van der Waals surface area contributed by atoms with Crippen molar-refractivity contribution in [2.45, 2.75) is 34.1 Å². The minimum atomic E-state index is 0.503. The van der Waals surface area contributed by atoms with Crippen molar-refractivity contribution >= 4 is 0 Å². The van der Waals surface area contributed by atoms with Gasteiger partial charge in [-0.2, -0.15) is 5.26 Å². The van der Waals surface area contributed by atoms with Gasteiger partial charge in [-0.15, -0.1) is 0 Å². The maximum atomic E-state index is 8.63. The summed E-state index contributed by atoms with van der Waals surface area (Å²) in [5, 5.41) is 8.63. The fourth-order valence-corrected chi connectivity index (χ4v) is 1.24. The van der Waals surface area contributed by atoms with Gasteiger partial charge in [-0.25, -0.2) is 0 Å². The summed E-state index contributed by atoms with van der Waals surface area (Å²) in [6.07, 6.45) is 1.00. The van der Waals surface area contributed by atoms with Gasteiger partial charge in [0.1, 0.15) is 0 Å². The Bertz CT molecular complexity index is 358. The smallest absolute Gasteiger partial charge is 0.0991 e. The first-order chi connectivity index (χ1) is 8.63. The fraction of sp³-hybridized carbons (Fsp3) is 0.438. The molecule has 0 amide bonds. The van der Waals surface area contributed by atoms with Crippen LogP contribution in [-0.2, 0) is 6.42 Å². The van der Waals surface area contributed by atoms with Crippen LogP contribution in [-0.4, -0.2) is 7.05 Å². The first-order valence-corrected chi connectivity index (χ1v) is 6.35. The third-order valence-electron chi connectivity index (χ3n) is 2.47. The quantitative estimate of drug-likeness (QED) is 0.822.